The molecule has 0 radical (unpaired) electrons. The zero-order valence-corrected chi connectivity index (χ0v) is 17.6. The monoisotopic (exact) mass is 393 g/mol. The van der Waals surface area contributed by atoms with E-state index in [1.165, 1.54) is 33.4 Å². The van der Waals surface area contributed by atoms with Crippen LogP contribution < -0.4 is 4.74 Å². The van der Waals surface area contributed by atoms with Gasteiger partial charge in [0.05, 0.1) is 0 Å². The summed E-state index contributed by atoms with van der Waals surface area (Å²) >= 11 is 0. The summed E-state index contributed by atoms with van der Waals surface area (Å²) in [6, 6.07) is 36.3. The van der Waals surface area contributed by atoms with Gasteiger partial charge in [-0.3, -0.25) is 0 Å². The minimum atomic E-state index is 0.688. The summed E-state index contributed by atoms with van der Waals surface area (Å²) in [6.07, 6.45) is 0. The number of hydrogen-bond donors (Lipinski definition) is 0. The summed E-state index contributed by atoms with van der Waals surface area (Å²) in [4.78, 5) is 2.12. The molecule has 0 amide bonds. The van der Waals surface area contributed by atoms with E-state index in [0.29, 0.717) is 6.61 Å². The number of ether oxygens (including phenoxy) is 1. The van der Waals surface area contributed by atoms with E-state index in [1.54, 1.807) is 0 Å². The second-order valence-electron chi connectivity index (χ2n) is 7.71. The van der Waals surface area contributed by atoms with E-state index >= 15 is 0 Å². The summed E-state index contributed by atoms with van der Waals surface area (Å²) in [7, 11) is 4.10. The van der Waals surface area contributed by atoms with Crippen LogP contribution in [-0.2, 0) is 0 Å². The Bertz CT molecular complexity index is 1010. The molecule has 0 atom stereocenters. The minimum absolute atomic E-state index is 0.688. The Hall–Kier alpha value is -3.36. The van der Waals surface area contributed by atoms with Gasteiger partial charge in [-0.15, -0.1) is 0 Å². The Kier molecular flexibility index (Phi) is 6.26. The van der Waals surface area contributed by atoms with Crippen molar-refractivity contribution in [3.05, 3.63) is 103 Å². The maximum atomic E-state index is 5.85. The van der Waals surface area contributed by atoms with Gasteiger partial charge in [-0.2, -0.15) is 0 Å². The summed E-state index contributed by atoms with van der Waals surface area (Å²) in [5, 5.41) is 0. The average Bonchev–Trinajstić information content (AvgIpc) is 2.80. The van der Waals surface area contributed by atoms with Crippen molar-refractivity contribution in [3.63, 3.8) is 0 Å². The third kappa shape index (κ3) is 4.97. The fourth-order valence-corrected chi connectivity index (χ4v) is 3.48. The first kappa shape index (κ1) is 19.9. The molecule has 2 heteroatoms. The normalized spacial score (nSPS) is 10.9. The van der Waals surface area contributed by atoms with Crippen LogP contribution in [0.5, 0.6) is 5.75 Å². The lowest BCUT2D eigenvalue weighted by Crippen LogP contribution is -2.19. The summed E-state index contributed by atoms with van der Waals surface area (Å²) in [5.74, 6) is 0.906. The highest BCUT2D eigenvalue weighted by molar-refractivity contribution is 5.81. The second-order valence-corrected chi connectivity index (χ2v) is 7.71. The standard InChI is InChI=1S/C28H27NO/c1-29(2)17-18-30-28-15-13-24(14-16-28)27-20-25(22-9-5-3-6-10-22)19-26(21-27)23-11-7-4-8-12-23/h3-16,19-21H,17-18H2,1-2H3. The molecule has 30 heavy (non-hydrogen) atoms. The van der Waals surface area contributed by atoms with E-state index in [9.17, 15) is 0 Å². The van der Waals surface area contributed by atoms with Crippen LogP contribution in [-0.4, -0.2) is 32.1 Å². The van der Waals surface area contributed by atoms with Crippen LogP contribution >= 0.6 is 0 Å². The smallest absolute Gasteiger partial charge is 0.119 e. The van der Waals surface area contributed by atoms with E-state index in [2.05, 4.69) is 122 Å². The first-order valence-electron chi connectivity index (χ1n) is 10.3. The van der Waals surface area contributed by atoms with Gasteiger partial charge in [-0.25, -0.2) is 0 Å². The zero-order valence-electron chi connectivity index (χ0n) is 17.6. The highest BCUT2D eigenvalue weighted by Gasteiger charge is 2.07. The van der Waals surface area contributed by atoms with E-state index < -0.39 is 0 Å². The van der Waals surface area contributed by atoms with Crippen molar-refractivity contribution in [2.24, 2.45) is 0 Å². The van der Waals surface area contributed by atoms with Gasteiger partial charge >= 0.3 is 0 Å². The van der Waals surface area contributed by atoms with Gasteiger partial charge in [0, 0.05) is 6.54 Å². The van der Waals surface area contributed by atoms with Gasteiger partial charge in [-0.05, 0) is 77.8 Å². The van der Waals surface area contributed by atoms with Crippen LogP contribution in [0.3, 0.4) is 0 Å². The first-order chi connectivity index (χ1) is 14.7. The molecule has 0 saturated carbocycles. The molecule has 0 heterocycles. The van der Waals surface area contributed by atoms with Gasteiger partial charge in [-0.1, -0.05) is 72.8 Å². The van der Waals surface area contributed by atoms with Crippen LogP contribution in [0.1, 0.15) is 0 Å². The molecular formula is C28H27NO. The van der Waals surface area contributed by atoms with Gasteiger partial charge < -0.3 is 9.64 Å². The molecular weight excluding hydrogens is 366 g/mol. The predicted molar refractivity (Wildman–Crippen MR) is 127 cm³/mol. The zero-order chi connectivity index (χ0) is 20.8. The summed E-state index contributed by atoms with van der Waals surface area (Å²) in [5.41, 5.74) is 7.27. The van der Waals surface area contributed by atoms with Crippen molar-refractivity contribution >= 4 is 0 Å². The molecule has 0 unspecified atom stereocenters. The van der Waals surface area contributed by atoms with E-state index in [0.717, 1.165) is 12.3 Å². The topological polar surface area (TPSA) is 12.5 Å². The second kappa shape index (κ2) is 9.43. The van der Waals surface area contributed by atoms with Gasteiger partial charge in [0.1, 0.15) is 12.4 Å². The Labute approximate surface area is 179 Å². The van der Waals surface area contributed by atoms with Crippen molar-refractivity contribution in [2.75, 3.05) is 27.2 Å². The number of rotatable bonds is 7. The molecule has 4 rings (SSSR count). The molecule has 0 spiro atoms. The molecule has 0 saturated heterocycles. The van der Waals surface area contributed by atoms with Crippen LogP contribution in [0.4, 0.5) is 0 Å². The summed E-state index contributed by atoms with van der Waals surface area (Å²) < 4.78 is 5.85. The third-order valence-corrected chi connectivity index (χ3v) is 5.14. The minimum Gasteiger partial charge on any atom is -0.492 e. The van der Waals surface area contributed by atoms with Crippen molar-refractivity contribution in [3.8, 4) is 39.1 Å². The number of nitrogens with zero attached hydrogens (tertiary/aromatic N) is 1. The Morgan fingerprint density at radius 2 is 0.967 bits per heavy atom. The molecule has 0 N–H and O–H groups in total. The van der Waals surface area contributed by atoms with Crippen molar-refractivity contribution in [2.45, 2.75) is 0 Å². The molecule has 0 aliphatic heterocycles. The van der Waals surface area contributed by atoms with E-state index in [4.69, 9.17) is 4.74 Å². The first-order valence-corrected chi connectivity index (χ1v) is 10.3. The lowest BCUT2D eigenvalue weighted by Gasteiger charge is -2.13. The lowest BCUT2D eigenvalue weighted by atomic mass is 9.93. The van der Waals surface area contributed by atoms with E-state index in [1.807, 2.05) is 0 Å². The van der Waals surface area contributed by atoms with Gasteiger partial charge in [0.2, 0.25) is 0 Å². The molecule has 0 aliphatic carbocycles. The van der Waals surface area contributed by atoms with Crippen LogP contribution in [0.2, 0.25) is 0 Å². The SMILES string of the molecule is CN(C)CCOc1ccc(-c2cc(-c3ccccc3)cc(-c3ccccc3)c2)cc1. The van der Waals surface area contributed by atoms with Crippen LogP contribution in [0.25, 0.3) is 33.4 Å². The van der Waals surface area contributed by atoms with Crippen molar-refractivity contribution < 1.29 is 4.74 Å². The summed E-state index contributed by atoms with van der Waals surface area (Å²) in [6.45, 7) is 1.59. The van der Waals surface area contributed by atoms with E-state index in [-0.39, 0.29) is 0 Å². The third-order valence-electron chi connectivity index (χ3n) is 5.14. The average molecular weight is 394 g/mol. The molecule has 4 aromatic rings. The molecule has 150 valence electrons. The Morgan fingerprint density at radius 1 is 0.533 bits per heavy atom. The highest BCUT2D eigenvalue weighted by Crippen LogP contribution is 2.33. The van der Waals surface area contributed by atoms with Crippen LogP contribution in [0.15, 0.2) is 103 Å². The quantitative estimate of drug-likeness (QED) is 0.349. The number of benzene rings is 4. The number of hydrogen-bond acceptors (Lipinski definition) is 2. The molecule has 0 aliphatic rings. The lowest BCUT2D eigenvalue weighted by molar-refractivity contribution is 0.261. The van der Waals surface area contributed by atoms with Crippen LogP contribution in [0, 0.1) is 0 Å². The fourth-order valence-electron chi connectivity index (χ4n) is 3.48. The van der Waals surface area contributed by atoms with Crippen molar-refractivity contribution in [1.82, 2.24) is 4.90 Å². The molecule has 4 aromatic carbocycles. The molecule has 0 aromatic heterocycles. The largest absolute Gasteiger partial charge is 0.492 e. The molecule has 0 fully saturated rings. The Balaban J connectivity index is 1.68. The fraction of sp³-hybridized carbons (Fsp3) is 0.143. The molecule has 2 nitrogen and oxygen atoms in total. The highest BCUT2D eigenvalue weighted by atomic mass is 16.5. The van der Waals surface area contributed by atoms with Gasteiger partial charge in [0.15, 0.2) is 0 Å². The molecule has 0 bridgehead atoms. The van der Waals surface area contributed by atoms with Crippen molar-refractivity contribution in [1.29, 1.82) is 0 Å². The maximum absolute atomic E-state index is 5.85. The predicted octanol–water partition coefficient (Wildman–Crippen LogP) is 6.63. The number of likely N-dealkylation sites (N-methyl/N-ethyl adjacent to an activating group) is 1. The maximum Gasteiger partial charge on any atom is 0.119 e. The Morgan fingerprint density at radius 3 is 1.40 bits per heavy atom. The van der Waals surface area contributed by atoms with Gasteiger partial charge in [0.25, 0.3) is 0 Å².